The van der Waals surface area contributed by atoms with Crippen molar-refractivity contribution in [2.24, 2.45) is 0 Å². The van der Waals surface area contributed by atoms with Crippen LogP contribution in [0.15, 0.2) is 53.9 Å². The maximum atomic E-state index is 5.95. The number of hydrogen-bond acceptors (Lipinski definition) is 5. The molecule has 1 saturated heterocycles. The molecule has 1 aromatic carbocycles. The minimum atomic E-state index is -0.0358. The Morgan fingerprint density at radius 3 is 2.46 bits per heavy atom. The Hall–Kier alpha value is -2.24. The molecule has 3 aromatic rings. The molecule has 0 unspecified atom stereocenters. The van der Waals surface area contributed by atoms with E-state index in [-0.39, 0.29) is 5.41 Å². The lowest BCUT2D eigenvalue weighted by atomic mass is 9.70. The first kappa shape index (κ1) is 17.2. The fraction of sp³-hybridized carbons (Fsp3) is 0.333. The number of nitrogens with two attached hydrogens (primary N) is 1. The number of pyridine rings is 1. The zero-order chi connectivity index (χ0) is 18.0. The number of nitrogens with zero attached hydrogens (tertiary/aromatic N) is 3. The third-order valence-electron chi connectivity index (χ3n) is 5.38. The van der Waals surface area contributed by atoms with Gasteiger partial charge >= 0.3 is 0 Å². The Balaban J connectivity index is 1.57. The first-order chi connectivity index (χ1) is 12.7. The van der Waals surface area contributed by atoms with Crippen LogP contribution in [0.1, 0.15) is 35.5 Å². The van der Waals surface area contributed by atoms with Gasteiger partial charge in [0.05, 0.1) is 11.4 Å². The summed E-state index contributed by atoms with van der Waals surface area (Å²) in [5, 5.41) is 2.79. The fourth-order valence-electron chi connectivity index (χ4n) is 3.97. The van der Waals surface area contributed by atoms with Crippen LogP contribution in [-0.4, -0.2) is 28.0 Å². The minimum Gasteiger partial charge on any atom is -0.375 e. The highest BCUT2D eigenvalue weighted by atomic mass is 32.1. The number of aromatic nitrogens is 2. The maximum Gasteiger partial charge on any atom is 0.180 e. The summed E-state index contributed by atoms with van der Waals surface area (Å²) in [7, 11) is 0. The Morgan fingerprint density at radius 2 is 1.81 bits per heavy atom. The summed E-state index contributed by atoms with van der Waals surface area (Å²) in [5.74, 6) is 0. The van der Waals surface area contributed by atoms with Crippen LogP contribution >= 0.6 is 11.3 Å². The van der Waals surface area contributed by atoms with Gasteiger partial charge in [-0.05, 0) is 50.6 Å². The lowest BCUT2D eigenvalue weighted by Crippen LogP contribution is -2.43. The molecule has 0 amide bonds. The van der Waals surface area contributed by atoms with Crippen LogP contribution in [0.2, 0.25) is 0 Å². The van der Waals surface area contributed by atoms with Gasteiger partial charge in [-0.15, -0.1) is 11.3 Å². The second-order valence-corrected chi connectivity index (χ2v) is 7.96. The third-order valence-corrected chi connectivity index (χ3v) is 6.05. The van der Waals surface area contributed by atoms with Crippen molar-refractivity contribution in [3.05, 3.63) is 76.6 Å². The van der Waals surface area contributed by atoms with Crippen LogP contribution in [0.5, 0.6) is 0 Å². The molecule has 0 saturated carbocycles. The van der Waals surface area contributed by atoms with E-state index in [9.17, 15) is 0 Å². The quantitative estimate of drug-likeness (QED) is 0.760. The molecule has 4 nitrogen and oxygen atoms in total. The van der Waals surface area contributed by atoms with Crippen molar-refractivity contribution < 1.29 is 0 Å². The van der Waals surface area contributed by atoms with Crippen LogP contribution in [0.4, 0.5) is 5.13 Å². The third kappa shape index (κ3) is 3.37. The van der Waals surface area contributed by atoms with Gasteiger partial charge in [-0.25, -0.2) is 4.98 Å². The maximum absolute atomic E-state index is 5.95. The molecule has 4 rings (SSSR count). The normalized spacial score (nSPS) is 17.3. The molecule has 3 heterocycles. The fourth-order valence-corrected chi connectivity index (χ4v) is 4.63. The molecular formula is C21H24N4S. The van der Waals surface area contributed by atoms with Gasteiger partial charge in [-0.1, -0.05) is 36.4 Å². The van der Waals surface area contributed by atoms with Gasteiger partial charge in [0.2, 0.25) is 0 Å². The summed E-state index contributed by atoms with van der Waals surface area (Å²) >= 11 is 1.54. The zero-order valence-electron chi connectivity index (χ0n) is 15.1. The molecule has 2 aromatic heterocycles. The summed E-state index contributed by atoms with van der Waals surface area (Å²) in [6.45, 7) is 5.02. The molecule has 0 bridgehead atoms. The second kappa shape index (κ2) is 7.17. The van der Waals surface area contributed by atoms with Gasteiger partial charge in [0.1, 0.15) is 0 Å². The van der Waals surface area contributed by atoms with E-state index < -0.39 is 0 Å². The Bertz CT molecular complexity index is 866. The van der Waals surface area contributed by atoms with Crippen molar-refractivity contribution >= 4 is 16.5 Å². The minimum absolute atomic E-state index is 0.0358. The van der Waals surface area contributed by atoms with E-state index in [1.165, 1.54) is 16.9 Å². The lowest BCUT2D eigenvalue weighted by molar-refractivity contribution is 0.169. The van der Waals surface area contributed by atoms with E-state index in [1.807, 2.05) is 13.0 Å². The van der Waals surface area contributed by atoms with Crippen molar-refractivity contribution in [3.8, 4) is 0 Å². The molecule has 1 aliphatic heterocycles. The molecule has 0 spiro atoms. The number of anilines is 1. The van der Waals surface area contributed by atoms with Crippen molar-refractivity contribution in [3.63, 3.8) is 0 Å². The number of likely N-dealkylation sites (tertiary alicyclic amines) is 1. The molecule has 0 aliphatic carbocycles. The van der Waals surface area contributed by atoms with Crippen molar-refractivity contribution in [1.29, 1.82) is 0 Å². The Morgan fingerprint density at radius 1 is 1.04 bits per heavy atom. The first-order valence-corrected chi connectivity index (χ1v) is 9.96. The van der Waals surface area contributed by atoms with Crippen molar-refractivity contribution in [2.75, 3.05) is 18.8 Å². The van der Waals surface area contributed by atoms with E-state index in [0.29, 0.717) is 5.13 Å². The Labute approximate surface area is 158 Å². The molecule has 1 fully saturated rings. The van der Waals surface area contributed by atoms with Gasteiger partial charge in [-0.3, -0.25) is 9.88 Å². The lowest BCUT2D eigenvalue weighted by Gasteiger charge is -2.41. The number of thiazole rings is 1. The predicted octanol–water partition coefficient (Wildman–Crippen LogP) is 4.01. The average molecular weight is 365 g/mol. The monoisotopic (exact) mass is 364 g/mol. The Kier molecular flexibility index (Phi) is 4.74. The van der Waals surface area contributed by atoms with E-state index in [0.717, 1.165) is 49.6 Å². The SMILES string of the molecule is Cc1cccc(CN2CCC(c3ccccc3)(c3csc(N)n3)CC2)n1. The highest BCUT2D eigenvalue weighted by molar-refractivity contribution is 7.13. The van der Waals surface area contributed by atoms with Crippen LogP contribution in [0.3, 0.4) is 0 Å². The molecule has 1 aliphatic rings. The van der Waals surface area contributed by atoms with Crippen molar-refractivity contribution in [2.45, 2.75) is 31.7 Å². The largest absolute Gasteiger partial charge is 0.375 e. The second-order valence-electron chi connectivity index (χ2n) is 7.07. The highest BCUT2D eigenvalue weighted by Gasteiger charge is 2.39. The smallest absolute Gasteiger partial charge is 0.180 e. The van der Waals surface area contributed by atoms with Gasteiger partial charge in [0.15, 0.2) is 5.13 Å². The van der Waals surface area contributed by atoms with E-state index in [2.05, 4.69) is 62.7 Å². The topological polar surface area (TPSA) is 55.0 Å². The number of hydrogen-bond donors (Lipinski definition) is 1. The molecule has 26 heavy (non-hydrogen) atoms. The van der Waals surface area contributed by atoms with Gasteiger partial charge in [-0.2, -0.15) is 0 Å². The van der Waals surface area contributed by atoms with Crippen LogP contribution in [0, 0.1) is 6.92 Å². The summed E-state index contributed by atoms with van der Waals surface area (Å²) in [4.78, 5) is 11.8. The number of aryl methyl sites for hydroxylation is 1. The molecule has 0 atom stereocenters. The number of nitrogen functional groups attached to an aromatic ring is 1. The van der Waals surface area contributed by atoms with Gasteiger partial charge in [0.25, 0.3) is 0 Å². The molecule has 0 radical (unpaired) electrons. The average Bonchev–Trinajstić information content (AvgIpc) is 3.10. The van der Waals surface area contributed by atoms with E-state index >= 15 is 0 Å². The van der Waals surface area contributed by atoms with Gasteiger partial charge < -0.3 is 5.73 Å². The summed E-state index contributed by atoms with van der Waals surface area (Å²) in [6.07, 6.45) is 2.10. The van der Waals surface area contributed by atoms with E-state index in [1.54, 1.807) is 0 Å². The molecule has 134 valence electrons. The summed E-state index contributed by atoms with van der Waals surface area (Å²) in [5.41, 5.74) is 10.6. The molecular weight excluding hydrogens is 340 g/mol. The zero-order valence-corrected chi connectivity index (χ0v) is 15.9. The summed E-state index contributed by atoms with van der Waals surface area (Å²) < 4.78 is 0. The van der Waals surface area contributed by atoms with Crippen LogP contribution in [0.25, 0.3) is 0 Å². The summed E-state index contributed by atoms with van der Waals surface area (Å²) in [6, 6.07) is 17.0. The van der Waals surface area contributed by atoms with E-state index in [4.69, 9.17) is 5.73 Å². The standard InChI is InChI=1S/C21H24N4S/c1-16-6-5-9-18(23-16)14-25-12-10-21(11-13-25,17-7-3-2-4-8-17)19-15-26-20(22)24-19/h2-9,15H,10-14H2,1H3,(H2,22,24). The number of piperidine rings is 1. The first-order valence-electron chi connectivity index (χ1n) is 9.08. The predicted molar refractivity (Wildman–Crippen MR) is 107 cm³/mol. The molecule has 5 heteroatoms. The number of rotatable bonds is 4. The van der Waals surface area contributed by atoms with Crippen molar-refractivity contribution in [1.82, 2.24) is 14.9 Å². The van der Waals surface area contributed by atoms with Crippen LogP contribution < -0.4 is 5.73 Å². The van der Waals surface area contributed by atoms with Gasteiger partial charge in [0, 0.05) is 23.0 Å². The number of benzene rings is 1. The molecule has 2 N–H and O–H groups in total. The highest BCUT2D eigenvalue weighted by Crippen LogP contribution is 2.42. The van der Waals surface area contributed by atoms with Crippen LogP contribution in [-0.2, 0) is 12.0 Å².